The van der Waals surface area contributed by atoms with Crippen LogP contribution in [0.4, 0.5) is 5.82 Å². The number of amides is 2. The SMILES string of the molecule is O=C(Nc1[nH]n(C2[C@@H]3CC4C[C@H]2CC(O)(C4)C3)c2c1cnc1nccc12)C(=O)N1CCC(O)C1. The number of carbonyl (C=O) groups is 2. The summed E-state index contributed by atoms with van der Waals surface area (Å²) in [5.74, 6) is 0.346. The number of rotatable bonds is 2. The average Bonchev–Trinajstić information content (AvgIpc) is 3.50. The molecule has 34 heavy (non-hydrogen) atoms. The molecule has 5 aliphatic rings. The minimum atomic E-state index is -0.732. The molecular weight excluding hydrogens is 436 g/mol. The lowest BCUT2D eigenvalue weighted by molar-refractivity contribution is -0.148. The van der Waals surface area contributed by atoms with Gasteiger partial charge in [0.1, 0.15) is 5.82 Å². The highest BCUT2D eigenvalue weighted by molar-refractivity contribution is 6.40. The zero-order valence-electron chi connectivity index (χ0n) is 18.8. The Bertz CT molecular complexity index is 1310. The Morgan fingerprint density at radius 3 is 2.65 bits per heavy atom. The molecule has 10 nitrogen and oxygen atoms in total. The number of nitrogens with one attached hydrogen (secondary N) is 2. The van der Waals surface area contributed by atoms with Crippen molar-refractivity contribution in [3.05, 3.63) is 18.5 Å². The molecule has 3 aromatic heterocycles. The number of pyridine rings is 1. The zero-order chi connectivity index (χ0) is 23.2. The van der Waals surface area contributed by atoms with E-state index in [-0.39, 0.29) is 12.6 Å². The molecule has 4 unspecified atom stereocenters. The number of nitrogens with zero attached hydrogens (tertiary/aromatic N) is 4. The Labute approximate surface area is 195 Å². The lowest BCUT2D eigenvalue weighted by atomic mass is 9.52. The molecule has 5 fully saturated rings. The molecular formula is C24H28N6O4. The van der Waals surface area contributed by atoms with Crippen LogP contribution >= 0.6 is 0 Å². The first-order valence-electron chi connectivity index (χ1n) is 12.2. The average molecular weight is 465 g/mol. The lowest BCUT2D eigenvalue weighted by Gasteiger charge is -2.58. The second-order valence-electron chi connectivity index (χ2n) is 10.9. The van der Waals surface area contributed by atoms with Crippen LogP contribution in [-0.2, 0) is 9.59 Å². The Kier molecular flexibility index (Phi) is 4.21. The molecule has 2 amide bonds. The monoisotopic (exact) mass is 464 g/mol. The van der Waals surface area contributed by atoms with Crippen molar-refractivity contribution in [1.82, 2.24) is 24.6 Å². The van der Waals surface area contributed by atoms with Gasteiger partial charge in [-0.1, -0.05) is 0 Å². The molecule has 4 bridgehead atoms. The summed E-state index contributed by atoms with van der Waals surface area (Å²) in [6.07, 6.45) is 8.03. The van der Waals surface area contributed by atoms with Crippen molar-refractivity contribution in [3.63, 3.8) is 0 Å². The van der Waals surface area contributed by atoms with E-state index in [1.807, 2.05) is 6.07 Å². The molecule has 4 N–H and O–H groups in total. The van der Waals surface area contributed by atoms with Crippen molar-refractivity contribution in [1.29, 1.82) is 0 Å². The quantitative estimate of drug-likeness (QED) is 0.425. The summed E-state index contributed by atoms with van der Waals surface area (Å²) in [5.41, 5.74) is 1.02. The van der Waals surface area contributed by atoms with Crippen LogP contribution in [0.5, 0.6) is 0 Å². The second-order valence-corrected chi connectivity index (χ2v) is 10.9. The van der Waals surface area contributed by atoms with E-state index in [4.69, 9.17) is 0 Å². The summed E-state index contributed by atoms with van der Waals surface area (Å²) in [4.78, 5) is 35.7. The van der Waals surface area contributed by atoms with Gasteiger partial charge < -0.3 is 20.4 Å². The van der Waals surface area contributed by atoms with Gasteiger partial charge in [0.25, 0.3) is 0 Å². The van der Waals surface area contributed by atoms with Gasteiger partial charge in [-0.2, -0.15) is 0 Å². The number of β-amino-alcohol motifs (C(OH)–C–C–N with tert-alkyl or cyclic N) is 1. The number of fused-ring (bicyclic) bond motifs is 3. The largest absolute Gasteiger partial charge is 0.391 e. The number of aromatic nitrogens is 4. The predicted octanol–water partition coefficient (Wildman–Crippen LogP) is 1.56. The maximum atomic E-state index is 12.9. The first-order valence-corrected chi connectivity index (χ1v) is 12.2. The summed E-state index contributed by atoms with van der Waals surface area (Å²) >= 11 is 0. The fraction of sp³-hybridized carbons (Fsp3) is 0.583. The van der Waals surface area contributed by atoms with E-state index in [1.54, 1.807) is 12.4 Å². The minimum Gasteiger partial charge on any atom is -0.391 e. The topological polar surface area (TPSA) is 136 Å². The molecule has 178 valence electrons. The smallest absolute Gasteiger partial charge is 0.315 e. The molecule has 0 aromatic carbocycles. The highest BCUT2D eigenvalue weighted by Gasteiger charge is 2.55. The normalized spacial score (nSPS) is 34.4. The maximum Gasteiger partial charge on any atom is 0.315 e. The molecule has 8 rings (SSSR count). The fourth-order valence-electron chi connectivity index (χ4n) is 7.56. The van der Waals surface area contributed by atoms with Crippen LogP contribution in [-0.4, -0.2) is 71.5 Å². The molecule has 4 aliphatic carbocycles. The van der Waals surface area contributed by atoms with Crippen LogP contribution < -0.4 is 5.32 Å². The van der Waals surface area contributed by atoms with Crippen LogP contribution in [0, 0.1) is 17.8 Å². The Hall–Kier alpha value is -2.98. The molecule has 1 saturated heterocycles. The highest BCUT2D eigenvalue weighted by Crippen LogP contribution is 2.60. The number of hydrogen-bond donors (Lipinski definition) is 4. The summed E-state index contributed by atoms with van der Waals surface area (Å²) in [5, 5.41) is 28.6. The minimum absolute atomic E-state index is 0.175. The van der Waals surface area contributed by atoms with Gasteiger partial charge in [-0.05, 0) is 62.3 Å². The van der Waals surface area contributed by atoms with E-state index in [2.05, 4.69) is 25.1 Å². The molecule has 0 spiro atoms. The molecule has 3 aromatic rings. The van der Waals surface area contributed by atoms with Crippen LogP contribution in [0.2, 0.25) is 0 Å². The van der Waals surface area contributed by atoms with Crippen molar-refractivity contribution in [2.24, 2.45) is 17.8 Å². The molecule has 0 radical (unpaired) electrons. The first-order chi connectivity index (χ1) is 16.4. The number of hydrogen-bond acceptors (Lipinski definition) is 6. The molecule has 4 heterocycles. The maximum absolute atomic E-state index is 12.9. The third-order valence-corrected chi connectivity index (χ3v) is 8.62. The first kappa shape index (κ1) is 20.4. The molecule has 1 aliphatic heterocycles. The van der Waals surface area contributed by atoms with Gasteiger partial charge in [-0.25, -0.2) is 9.97 Å². The van der Waals surface area contributed by atoms with Crippen LogP contribution in [0.15, 0.2) is 18.5 Å². The van der Waals surface area contributed by atoms with Gasteiger partial charge in [0.15, 0.2) is 5.65 Å². The van der Waals surface area contributed by atoms with E-state index in [0.717, 1.165) is 48.4 Å². The third kappa shape index (κ3) is 2.94. The summed E-state index contributed by atoms with van der Waals surface area (Å²) in [6, 6.07) is 2.11. The van der Waals surface area contributed by atoms with Gasteiger partial charge in [0.2, 0.25) is 0 Å². The molecule has 6 atom stereocenters. The summed E-state index contributed by atoms with van der Waals surface area (Å²) < 4.78 is 2.15. The number of carbonyl (C=O) groups excluding carboxylic acids is 2. The van der Waals surface area contributed by atoms with E-state index >= 15 is 0 Å². The predicted molar refractivity (Wildman–Crippen MR) is 123 cm³/mol. The van der Waals surface area contributed by atoms with Crippen molar-refractivity contribution >= 4 is 39.6 Å². The van der Waals surface area contributed by atoms with Crippen LogP contribution in [0.1, 0.15) is 44.6 Å². The van der Waals surface area contributed by atoms with E-state index < -0.39 is 23.5 Å². The van der Waals surface area contributed by atoms with Crippen molar-refractivity contribution < 1.29 is 19.8 Å². The van der Waals surface area contributed by atoms with Crippen LogP contribution in [0.25, 0.3) is 21.9 Å². The molecule has 4 saturated carbocycles. The van der Waals surface area contributed by atoms with Gasteiger partial charge in [-0.15, -0.1) is 0 Å². The summed E-state index contributed by atoms with van der Waals surface area (Å²) in [7, 11) is 0. The van der Waals surface area contributed by atoms with Crippen molar-refractivity contribution in [2.75, 3.05) is 18.4 Å². The summed E-state index contributed by atoms with van der Waals surface area (Å²) in [6.45, 7) is 0.546. The van der Waals surface area contributed by atoms with Gasteiger partial charge in [0.05, 0.1) is 28.6 Å². The number of likely N-dealkylation sites (tertiary alicyclic amines) is 1. The zero-order valence-corrected chi connectivity index (χ0v) is 18.8. The Morgan fingerprint density at radius 1 is 1.15 bits per heavy atom. The number of aromatic amines is 1. The van der Waals surface area contributed by atoms with Gasteiger partial charge in [-0.3, -0.25) is 19.4 Å². The van der Waals surface area contributed by atoms with E-state index in [0.29, 0.717) is 42.2 Å². The van der Waals surface area contributed by atoms with Gasteiger partial charge >= 0.3 is 11.8 Å². The number of anilines is 1. The van der Waals surface area contributed by atoms with E-state index in [9.17, 15) is 19.8 Å². The molecule has 10 heteroatoms. The van der Waals surface area contributed by atoms with Crippen LogP contribution in [0.3, 0.4) is 0 Å². The fourth-order valence-corrected chi connectivity index (χ4v) is 7.56. The number of aliphatic hydroxyl groups is 2. The number of aliphatic hydroxyl groups excluding tert-OH is 1. The Morgan fingerprint density at radius 2 is 1.94 bits per heavy atom. The highest BCUT2D eigenvalue weighted by atomic mass is 16.3. The van der Waals surface area contributed by atoms with Crippen molar-refractivity contribution in [3.8, 4) is 0 Å². The Balaban J connectivity index is 1.29. The van der Waals surface area contributed by atoms with Gasteiger partial charge in [0, 0.05) is 30.9 Å². The third-order valence-electron chi connectivity index (χ3n) is 8.62. The van der Waals surface area contributed by atoms with E-state index in [1.165, 1.54) is 4.90 Å². The number of H-pyrrole nitrogens is 1. The van der Waals surface area contributed by atoms with Crippen molar-refractivity contribution in [2.45, 2.75) is 56.3 Å². The second kappa shape index (κ2) is 7.02. The lowest BCUT2D eigenvalue weighted by Crippen LogP contribution is -2.55. The standard InChI is InChI=1S/C24H28N6O4/c31-15-2-4-29(11-15)23(33)22(32)27-21-17-10-26-20-16(1-3-25-20)19(17)30(28-21)18-13-5-12-6-14(18)9-24(34,7-12)8-13/h1,3,10,12-15,18,28,31,34H,2,4-9,11H2,(H,27,32)/t12?,13-,14+,15?,18?,24?.